The van der Waals surface area contributed by atoms with E-state index in [1.807, 2.05) is 11.0 Å². The van der Waals surface area contributed by atoms with Gasteiger partial charge in [0.05, 0.1) is 18.3 Å². The standard InChI is InChI=1S/C16H26N4O/c1-3-19(4-2)15-7-9-20(10-8-15)16(21)11-14-6-5-13(17)12-18-14/h5-6,12,15H,3-4,7-11,17H2,1-2H3. The van der Waals surface area contributed by atoms with Gasteiger partial charge in [0.15, 0.2) is 0 Å². The number of aromatic nitrogens is 1. The summed E-state index contributed by atoms with van der Waals surface area (Å²) in [5, 5.41) is 0. The van der Waals surface area contributed by atoms with Crippen LogP contribution in [0, 0.1) is 0 Å². The van der Waals surface area contributed by atoms with Gasteiger partial charge in [-0.1, -0.05) is 13.8 Å². The van der Waals surface area contributed by atoms with Crippen molar-refractivity contribution >= 4 is 11.6 Å². The molecular formula is C16H26N4O. The number of nitrogens with zero attached hydrogens (tertiary/aromatic N) is 3. The molecule has 2 N–H and O–H groups in total. The van der Waals surface area contributed by atoms with E-state index < -0.39 is 0 Å². The first kappa shape index (κ1) is 15.8. The molecule has 1 fully saturated rings. The highest BCUT2D eigenvalue weighted by Crippen LogP contribution is 2.17. The molecule has 0 aromatic carbocycles. The number of hydrogen-bond acceptors (Lipinski definition) is 4. The lowest BCUT2D eigenvalue weighted by Crippen LogP contribution is -2.47. The highest BCUT2D eigenvalue weighted by Gasteiger charge is 2.25. The van der Waals surface area contributed by atoms with Crippen molar-refractivity contribution in [2.75, 3.05) is 31.9 Å². The lowest BCUT2D eigenvalue weighted by Gasteiger charge is -2.37. The number of hydrogen-bond donors (Lipinski definition) is 1. The fourth-order valence-corrected chi connectivity index (χ4v) is 3.03. The van der Waals surface area contributed by atoms with Crippen LogP contribution in [0.3, 0.4) is 0 Å². The highest BCUT2D eigenvalue weighted by atomic mass is 16.2. The Morgan fingerprint density at radius 3 is 2.52 bits per heavy atom. The zero-order valence-electron chi connectivity index (χ0n) is 13.1. The number of amides is 1. The maximum atomic E-state index is 12.3. The largest absolute Gasteiger partial charge is 0.397 e. The Bertz CT molecular complexity index is 448. The van der Waals surface area contributed by atoms with Crippen molar-refractivity contribution in [3.63, 3.8) is 0 Å². The molecule has 21 heavy (non-hydrogen) atoms. The van der Waals surface area contributed by atoms with Crippen molar-refractivity contribution in [3.8, 4) is 0 Å². The molecule has 1 aliphatic heterocycles. The van der Waals surface area contributed by atoms with Crippen LogP contribution >= 0.6 is 0 Å². The number of likely N-dealkylation sites (tertiary alicyclic amines) is 1. The van der Waals surface area contributed by atoms with Crippen molar-refractivity contribution in [2.45, 2.75) is 39.2 Å². The number of anilines is 1. The van der Waals surface area contributed by atoms with Crippen LogP contribution in [0.2, 0.25) is 0 Å². The van der Waals surface area contributed by atoms with Crippen molar-refractivity contribution < 1.29 is 4.79 Å². The van der Waals surface area contributed by atoms with E-state index in [1.165, 1.54) is 0 Å². The second-order valence-electron chi connectivity index (χ2n) is 5.59. The molecule has 0 radical (unpaired) electrons. The van der Waals surface area contributed by atoms with Crippen molar-refractivity contribution in [1.82, 2.24) is 14.8 Å². The summed E-state index contributed by atoms with van der Waals surface area (Å²) >= 11 is 0. The first-order valence-corrected chi connectivity index (χ1v) is 7.86. The minimum atomic E-state index is 0.172. The molecular weight excluding hydrogens is 264 g/mol. The molecule has 0 aliphatic carbocycles. The molecule has 1 aromatic rings. The number of carbonyl (C=O) groups is 1. The lowest BCUT2D eigenvalue weighted by molar-refractivity contribution is -0.132. The molecule has 5 nitrogen and oxygen atoms in total. The van der Waals surface area contributed by atoms with Crippen molar-refractivity contribution in [1.29, 1.82) is 0 Å². The van der Waals surface area contributed by atoms with E-state index in [4.69, 9.17) is 5.73 Å². The normalized spacial score (nSPS) is 16.4. The van der Waals surface area contributed by atoms with Gasteiger partial charge in [-0.25, -0.2) is 0 Å². The smallest absolute Gasteiger partial charge is 0.228 e. The Morgan fingerprint density at radius 2 is 2.00 bits per heavy atom. The monoisotopic (exact) mass is 290 g/mol. The average molecular weight is 290 g/mol. The molecule has 0 saturated carbocycles. The quantitative estimate of drug-likeness (QED) is 0.893. The van der Waals surface area contributed by atoms with E-state index in [-0.39, 0.29) is 5.91 Å². The third-order valence-corrected chi connectivity index (χ3v) is 4.33. The SMILES string of the molecule is CCN(CC)C1CCN(C(=O)Cc2ccc(N)cn2)CC1. The molecule has 2 heterocycles. The van der Waals surface area contributed by atoms with Crippen LogP contribution in [-0.2, 0) is 11.2 Å². The Balaban J connectivity index is 1.84. The predicted octanol–water partition coefficient (Wildman–Crippen LogP) is 1.54. The molecule has 1 aliphatic rings. The topological polar surface area (TPSA) is 62.5 Å². The van der Waals surface area contributed by atoms with Gasteiger partial charge >= 0.3 is 0 Å². The van der Waals surface area contributed by atoms with Gasteiger partial charge in [0, 0.05) is 24.8 Å². The highest BCUT2D eigenvalue weighted by molar-refractivity contribution is 5.78. The van der Waals surface area contributed by atoms with Gasteiger partial charge in [-0.2, -0.15) is 0 Å². The van der Waals surface area contributed by atoms with Crippen LogP contribution in [0.5, 0.6) is 0 Å². The Morgan fingerprint density at radius 1 is 1.33 bits per heavy atom. The first-order valence-electron chi connectivity index (χ1n) is 7.86. The zero-order chi connectivity index (χ0) is 15.2. The van der Waals surface area contributed by atoms with Gasteiger partial charge in [-0.15, -0.1) is 0 Å². The summed E-state index contributed by atoms with van der Waals surface area (Å²) in [5.41, 5.74) is 7.03. The van der Waals surface area contributed by atoms with Crippen LogP contribution in [0.25, 0.3) is 0 Å². The van der Waals surface area contributed by atoms with Crippen LogP contribution < -0.4 is 5.73 Å². The second-order valence-corrected chi connectivity index (χ2v) is 5.59. The number of piperidine rings is 1. The molecule has 0 spiro atoms. The van der Waals surface area contributed by atoms with Crippen LogP contribution in [0.1, 0.15) is 32.4 Å². The van der Waals surface area contributed by atoms with E-state index >= 15 is 0 Å². The van der Waals surface area contributed by atoms with Gasteiger partial charge in [0.25, 0.3) is 0 Å². The molecule has 5 heteroatoms. The van der Waals surface area contributed by atoms with Crippen LogP contribution in [0.15, 0.2) is 18.3 Å². The summed E-state index contributed by atoms with van der Waals surface area (Å²) in [5.74, 6) is 0.172. The number of nitrogens with two attached hydrogens (primary N) is 1. The summed E-state index contributed by atoms with van der Waals surface area (Å²) in [6.07, 6.45) is 4.12. The second kappa shape index (κ2) is 7.41. The van der Waals surface area contributed by atoms with E-state index in [0.29, 0.717) is 18.2 Å². The Labute approximate surface area is 127 Å². The minimum Gasteiger partial charge on any atom is -0.397 e. The predicted molar refractivity (Wildman–Crippen MR) is 84.9 cm³/mol. The molecule has 116 valence electrons. The maximum absolute atomic E-state index is 12.3. The summed E-state index contributed by atoms with van der Waals surface area (Å²) in [7, 11) is 0. The van der Waals surface area contributed by atoms with Crippen molar-refractivity contribution in [3.05, 3.63) is 24.0 Å². The minimum absolute atomic E-state index is 0.172. The molecule has 2 rings (SSSR count). The van der Waals surface area contributed by atoms with Gasteiger partial charge in [0.1, 0.15) is 0 Å². The van der Waals surface area contributed by atoms with E-state index in [2.05, 4.69) is 23.7 Å². The lowest BCUT2D eigenvalue weighted by atomic mass is 10.0. The van der Waals surface area contributed by atoms with E-state index in [9.17, 15) is 4.79 Å². The van der Waals surface area contributed by atoms with Gasteiger partial charge < -0.3 is 15.5 Å². The third kappa shape index (κ3) is 4.17. The third-order valence-electron chi connectivity index (χ3n) is 4.33. The molecule has 0 bridgehead atoms. The number of nitrogen functional groups attached to an aromatic ring is 1. The summed E-state index contributed by atoms with van der Waals surface area (Å²) in [6.45, 7) is 8.29. The Hall–Kier alpha value is -1.62. The summed E-state index contributed by atoms with van der Waals surface area (Å²) in [4.78, 5) is 21.0. The number of carbonyl (C=O) groups excluding carboxylic acids is 1. The van der Waals surface area contributed by atoms with Crippen LogP contribution in [0.4, 0.5) is 5.69 Å². The Kier molecular flexibility index (Phi) is 5.56. The molecule has 1 saturated heterocycles. The fraction of sp³-hybridized carbons (Fsp3) is 0.625. The van der Waals surface area contributed by atoms with Gasteiger partial charge in [-0.05, 0) is 38.1 Å². The zero-order valence-corrected chi connectivity index (χ0v) is 13.1. The molecule has 1 aromatic heterocycles. The molecule has 0 unspecified atom stereocenters. The average Bonchev–Trinajstić information content (AvgIpc) is 2.51. The van der Waals surface area contributed by atoms with Gasteiger partial charge in [0.2, 0.25) is 5.91 Å². The molecule has 0 atom stereocenters. The fourth-order valence-electron chi connectivity index (χ4n) is 3.03. The van der Waals surface area contributed by atoms with E-state index in [1.54, 1.807) is 12.3 Å². The first-order chi connectivity index (χ1) is 10.1. The van der Waals surface area contributed by atoms with E-state index in [0.717, 1.165) is 44.7 Å². The van der Waals surface area contributed by atoms with Crippen molar-refractivity contribution in [2.24, 2.45) is 0 Å². The van der Waals surface area contributed by atoms with Crippen LogP contribution in [-0.4, -0.2) is 52.9 Å². The number of rotatable bonds is 5. The maximum Gasteiger partial charge on any atom is 0.228 e. The number of pyridine rings is 1. The van der Waals surface area contributed by atoms with Gasteiger partial charge in [-0.3, -0.25) is 9.78 Å². The summed E-state index contributed by atoms with van der Waals surface area (Å²) < 4.78 is 0. The molecule has 1 amide bonds. The summed E-state index contributed by atoms with van der Waals surface area (Å²) in [6, 6.07) is 4.25.